The molecule has 0 aromatic heterocycles. The minimum Gasteiger partial charge on any atom is -0.449 e. The molecule has 0 bridgehead atoms. The predicted molar refractivity (Wildman–Crippen MR) is 86.0 cm³/mol. The van der Waals surface area contributed by atoms with Gasteiger partial charge in [-0.3, -0.25) is 4.79 Å². The van der Waals surface area contributed by atoms with Crippen molar-refractivity contribution in [1.82, 2.24) is 0 Å². The average molecular weight is 349 g/mol. The van der Waals surface area contributed by atoms with E-state index in [2.05, 4.69) is 5.32 Å². The highest BCUT2D eigenvalue weighted by molar-refractivity contribution is 5.96. The molecule has 0 spiro atoms. The van der Waals surface area contributed by atoms with Crippen molar-refractivity contribution < 1.29 is 27.5 Å². The van der Waals surface area contributed by atoms with Gasteiger partial charge < -0.3 is 10.1 Å². The number of carbonyl (C=O) groups is 2. The Hall–Kier alpha value is -3.09. The number of hydrogen-bond acceptors (Lipinski definition) is 3. The molecule has 7 heteroatoms. The number of esters is 1. The van der Waals surface area contributed by atoms with Gasteiger partial charge in [0.05, 0.1) is 5.69 Å². The zero-order valence-electron chi connectivity index (χ0n) is 13.1. The van der Waals surface area contributed by atoms with E-state index in [0.717, 1.165) is 18.2 Å². The number of amides is 1. The van der Waals surface area contributed by atoms with Crippen molar-refractivity contribution in [2.24, 2.45) is 0 Å². The quantitative estimate of drug-likeness (QED) is 0.662. The number of nitrogens with one attached hydrogen (secondary N) is 1. The Morgan fingerprint density at radius 2 is 1.80 bits per heavy atom. The highest BCUT2D eigenvalue weighted by Gasteiger charge is 2.18. The molecule has 1 N–H and O–H groups in total. The third-order valence-corrected chi connectivity index (χ3v) is 3.16. The normalized spacial score (nSPS) is 12.0. The summed E-state index contributed by atoms with van der Waals surface area (Å²) in [4.78, 5) is 23.6. The molecule has 0 heterocycles. The number of rotatable bonds is 5. The topological polar surface area (TPSA) is 55.4 Å². The molecule has 1 amide bonds. The summed E-state index contributed by atoms with van der Waals surface area (Å²) in [5.74, 6) is -3.91. The van der Waals surface area contributed by atoms with Gasteiger partial charge in [-0.2, -0.15) is 0 Å². The Bertz CT molecular complexity index is 821. The van der Waals surface area contributed by atoms with Gasteiger partial charge in [0.1, 0.15) is 17.5 Å². The molecule has 0 fully saturated rings. The number of benzene rings is 2. The lowest BCUT2D eigenvalue weighted by Crippen LogP contribution is -2.29. The van der Waals surface area contributed by atoms with Crippen LogP contribution in [0.25, 0.3) is 6.08 Å². The molecular weight excluding hydrogens is 335 g/mol. The molecule has 0 aliphatic carbocycles. The summed E-state index contributed by atoms with van der Waals surface area (Å²) < 4.78 is 44.5. The monoisotopic (exact) mass is 349 g/mol. The summed E-state index contributed by atoms with van der Waals surface area (Å²) in [6, 6.07) is 8.45. The number of halogens is 3. The molecule has 1 atom stereocenters. The van der Waals surface area contributed by atoms with Crippen LogP contribution < -0.4 is 5.32 Å². The summed E-state index contributed by atoms with van der Waals surface area (Å²) >= 11 is 0. The lowest BCUT2D eigenvalue weighted by atomic mass is 10.2. The molecule has 130 valence electrons. The summed E-state index contributed by atoms with van der Waals surface area (Å²) in [5.41, 5.74) is -0.0545. The van der Waals surface area contributed by atoms with Crippen molar-refractivity contribution in [2.45, 2.75) is 13.0 Å². The third-order valence-electron chi connectivity index (χ3n) is 3.16. The van der Waals surface area contributed by atoms with Gasteiger partial charge in [-0.15, -0.1) is 0 Å². The van der Waals surface area contributed by atoms with Crippen LogP contribution >= 0.6 is 0 Å². The minimum atomic E-state index is -1.23. The van der Waals surface area contributed by atoms with Crippen LogP contribution in [-0.4, -0.2) is 18.0 Å². The van der Waals surface area contributed by atoms with Gasteiger partial charge in [0.15, 0.2) is 6.10 Å². The second-order valence-electron chi connectivity index (χ2n) is 5.05. The Morgan fingerprint density at radius 1 is 1.08 bits per heavy atom. The first kappa shape index (κ1) is 18.3. The molecule has 0 saturated heterocycles. The number of anilines is 1. The van der Waals surface area contributed by atoms with Crippen molar-refractivity contribution in [3.8, 4) is 0 Å². The van der Waals surface area contributed by atoms with E-state index < -0.39 is 35.4 Å². The molecule has 2 aromatic carbocycles. The number of ether oxygens (including phenoxy) is 1. The van der Waals surface area contributed by atoms with Gasteiger partial charge in [-0.1, -0.05) is 18.2 Å². The van der Waals surface area contributed by atoms with E-state index in [9.17, 15) is 22.8 Å². The van der Waals surface area contributed by atoms with E-state index in [1.807, 2.05) is 0 Å². The Kier molecular flexibility index (Phi) is 5.94. The average Bonchev–Trinajstić information content (AvgIpc) is 2.56. The molecular formula is C18H14F3NO3. The van der Waals surface area contributed by atoms with Crippen LogP contribution in [0.3, 0.4) is 0 Å². The Morgan fingerprint density at radius 3 is 2.48 bits per heavy atom. The van der Waals surface area contributed by atoms with Gasteiger partial charge in [0.2, 0.25) is 0 Å². The predicted octanol–water partition coefficient (Wildman–Crippen LogP) is 3.69. The van der Waals surface area contributed by atoms with Gasteiger partial charge in [0.25, 0.3) is 5.91 Å². The summed E-state index contributed by atoms with van der Waals surface area (Å²) in [5, 5.41) is 2.18. The fraction of sp³-hybridized carbons (Fsp3) is 0.111. The van der Waals surface area contributed by atoms with Crippen LogP contribution in [-0.2, 0) is 14.3 Å². The standard InChI is InChI=1S/C18H14F3NO3/c1-11(18(24)22-16-8-7-13(19)10-15(16)21)25-17(23)9-6-12-4-2-3-5-14(12)20/h2-11H,1H3,(H,22,24)/b9-6+/t11-/m1/s1. The van der Waals surface area contributed by atoms with Gasteiger partial charge >= 0.3 is 5.97 Å². The molecule has 2 aromatic rings. The third kappa shape index (κ3) is 5.20. The van der Waals surface area contributed by atoms with Crippen molar-refractivity contribution in [1.29, 1.82) is 0 Å². The van der Waals surface area contributed by atoms with E-state index >= 15 is 0 Å². The first-order valence-electron chi connectivity index (χ1n) is 7.26. The first-order valence-corrected chi connectivity index (χ1v) is 7.26. The van der Waals surface area contributed by atoms with Crippen molar-refractivity contribution in [2.75, 3.05) is 5.32 Å². The SMILES string of the molecule is C[C@@H](OC(=O)/C=C/c1ccccc1F)C(=O)Nc1ccc(F)cc1F. The summed E-state index contributed by atoms with van der Waals surface area (Å²) in [6.07, 6.45) is 0.949. The van der Waals surface area contributed by atoms with Crippen LogP contribution in [0.2, 0.25) is 0 Å². The fourth-order valence-electron chi connectivity index (χ4n) is 1.86. The maximum atomic E-state index is 13.5. The van der Waals surface area contributed by atoms with Crippen LogP contribution in [0, 0.1) is 17.5 Å². The van der Waals surface area contributed by atoms with E-state index in [1.54, 1.807) is 6.07 Å². The molecule has 2 rings (SSSR count). The zero-order chi connectivity index (χ0) is 18.4. The first-order chi connectivity index (χ1) is 11.9. The molecule has 0 unspecified atom stereocenters. The number of carbonyl (C=O) groups excluding carboxylic acids is 2. The highest BCUT2D eigenvalue weighted by Crippen LogP contribution is 2.15. The van der Waals surface area contributed by atoms with Crippen molar-refractivity contribution in [3.63, 3.8) is 0 Å². The Labute approximate surface area is 141 Å². The van der Waals surface area contributed by atoms with Crippen LogP contribution in [0.15, 0.2) is 48.5 Å². The Balaban J connectivity index is 1.94. The van der Waals surface area contributed by atoms with E-state index in [-0.39, 0.29) is 11.3 Å². The smallest absolute Gasteiger partial charge is 0.331 e. The maximum absolute atomic E-state index is 13.5. The zero-order valence-corrected chi connectivity index (χ0v) is 13.1. The molecule has 25 heavy (non-hydrogen) atoms. The highest BCUT2D eigenvalue weighted by atomic mass is 19.1. The maximum Gasteiger partial charge on any atom is 0.331 e. The fourth-order valence-corrected chi connectivity index (χ4v) is 1.86. The van der Waals surface area contributed by atoms with Crippen molar-refractivity contribution in [3.05, 3.63) is 71.6 Å². The lowest BCUT2D eigenvalue weighted by molar-refractivity contribution is -0.148. The van der Waals surface area contributed by atoms with E-state index in [4.69, 9.17) is 4.74 Å². The minimum absolute atomic E-state index is 0.185. The molecule has 0 radical (unpaired) electrons. The lowest BCUT2D eigenvalue weighted by Gasteiger charge is -2.12. The number of hydrogen-bond donors (Lipinski definition) is 1. The molecule has 0 aliphatic rings. The van der Waals surface area contributed by atoms with Crippen LogP contribution in [0.5, 0.6) is 0 Å². The molecule has 4 nitrogen and oxygen atoms in total. The van der Waals surface area contributed by atoms with Gasteiger partial charge in [0, 0.05) is 17.7 Å². The van der Waals surface area contributed by atoms with Gasteiger partial charge in [-0.05, 0) is 31.2 Å². The van der Waals surface area contributed by atoms with Crippen LogP contribution in [0.1, 0.15) is 12.5 Å². The second-order valence-corrected chi connectivity index (χ2v) is 5.05. The largest absolute Gasteiger partial charge is 0.449 e. The molecule has 0 aliphatic heterocycles. The molecule has 0 saturated carbocycles. The second kappa shape index (κ2) is 8.14. The van der Waals surface area contributed by atoms with Crippen LogP contribution in [0.4, 0.5) is 18.9 Å². The van der Waals surface area contributed by atoms with E-state index in [0.29, 0.717) is 6.07 Å². The van der Waals surface area contributed by atoms with Gasteiger partial charge in [-0.25, -0.2) is 18.0 Å². The van der Waals surface area contributed by atoms with Crippen molar-refractivity contribution >= 4 is 23.6 Å². The van der Waals surface area contributed by atoms with E-state index in [1.165, 1.54) is 31.2 Å². The summed E-state index contributed by atoms with van der Waals surface area (Å²) in [7, 11) is 0. The summed E-state index contributed by atoms with van der Waals surface area (Å²) in [6.45, 7) is 1.28.